The maximum atomic E-state index is 11.7. The third-order valence-corrected chi connectivity index (χ3v) is 2.78. The number of carbonyl (C=O) groups is 1. The largest absolute Gasteiger partial charge is 0.496 e. The maximum absolute atomic E-state index is 11.7. The smallest absolute Gasteiger partial charge is 0.361 e. The van der Waals surface area contributed by atoms with E-state index in [9.17, 15) is 4.79 Å². The highest BCUT2D eigenvalue weighted by atomic mass is 16.5. The monoisotopic (exact) mass is 275 g/mol. The Kier molecular flexibility index (Phi) is 4.24. The second-order valence-corrected chi connectivity index (χ2v) is 4.16. The van der Waals surface area contributed by atoms with Crippen molar-refractivity contribution < 1.29 is 14.3 Å². The van der Waals surface area contributed by atoms with Crippen LogP contribution in [0.4, 0.5) is 5.69 Å². The van der Waals surface area contributed by atoms with Crippen molar-refractivity contribution in [2.45, 2.75) is 13.5 Å². The predicted molar refractivity (Wildman–Crippen MR) is 74.7 cm³/mol. The molecule has 0 amide bonds. The zero-order valence-corrected chi connectivity index (χ0v) is 11.5. The molecular formula is C14H17N3O3. The lowest BCUT2D eigenvalue weighted by atomic mass is 10.2. The van der Waals surface area contributed by atoms with Crippen molar-refractivity contribution in [2.24, 2.45) is 0 Å². The van der Waals surface area contributed by atoms with Gasteiger partial charge in [0, 0.05) is 11.8 Å². The van der Waals surface area contributed by atoms with Crippen LogP contribution in [0, 0.1) is 0 Å². The molecule has 0 aliphatic rings. The lowest BCUT2D eigenvalue weighted by Gasteiger charge is -2.07. The Morgan fingerprint density at radius 3 is 2.85 bits per heavy atom. The van der Waals surface area contributed by atoms with Crippen LogP contribution in [0.3, 0.4) is 0 Å². The molecule has 0 saturated carbocycles. The van der Waals surface area contributed by atoms with Crippen molar-refractivity contribution in [2.75, 3.05) is 19.5 Å². The quantitative estimate of drug-likeness (QED) is 0.840. The van der Waals surface area contributed by atoms with Crippen molar-refractivity contribution in [3.63, 3.8) is 0 Å². The number of carbonyl (C=O) groups excluding carboxylic acids is 1. The Morgan fingerprint density at radius 1 is 1.40 bits per heavy atom. The standard InChI is InChI=1S/C14H17N3O3/c1-3-20-14(18)13-11(15)9-17(16-13)8-10-6-4-5-7-12(10)19-2/h4-7,9H,3,8,15H2,1-2H3. The molecule has 0 saturated heterocycles. The maximum Gasteiger partial charge on any atom is 0.361 e. The normalized spacial score (nSPS) is 10.3. The molecule has 1 heterocycles. The van der Waals surface area contributed by atoms with Gasteiger partial charge in [-0.1, -0.05) is 18.2 Å². The minimum atomic E-state index is -0.510. The summed E-state index contributed by atoms with van der Waals surface area (Å²) >= 11 is 0. The van der Waals surface area contributed by atoms with Crippen LogP contribution in [0.2, 0.25) is 0 Å². The summed E-state index contributed by atoms with van der Waals surface area (Å²) in [6, 6.07) is 7.61. The Bertz CT molecular complexity index is 607. The first-order valence-corrected chi connectivity index (χ1v) is 6.27. The molecule has 0 fully saturated rings. The van der Waals surface area contributed by atoms with Gasteiger partial charge in [0.15, 0.2) is 5.69 Å². The molecule has 1 aromatic carbocycles. The average Bonchev–Trinajstić information content (AvgIpc) is 2.80. The number of nitrogens with two attached hydrogens (primary N) is 1. The van der Waals surface area contributed by atoms with E-state index >= 15 is 0 Å². The summed E-state index contributed by atoms with van der Waals surface area (Å²) in [4.78, 5) is 11.7. The molecule has 0 aliphatic heterocycles. The number of nitrogens with zero attached hydrogens (tertiary/aromatic N) is 2. The van der Waals surface area contributed by atoms with E-state index in [2.05, 4.69) is 5.10 Å². The fourth-order valence-electron chi connectivity index (χ4n) is 1.88. The summed E-state index contributed by atoms with van der Waals surface area (Å²) in [5, 5.41) is 4.16. The van der Waals surface area contributed by atoms with Gasteiger partial charge in [-0.25, -0.2) is 4.79 Å². The van der Waals surface area contributed by atoms with Crippen molar-refractivity contribution in [1.29, 1.82) is 0 Å². The lowest BCUT2D eigenvalue weighted by Crippen LogP contribution is -2.09. The number of esters is 1. The van der Waals surface area contributed by atoms with Gasteiger partial charge in [-0.15, -0.1) is 0 Å². The van der Waals surface area contributed by atoms with E-state index in [1.54, 1.807) is 24.9 Å². The summed E-state index contributed by atoms with van der Waals surface area (Å²) < 4.78 is 11.8. The highest BCUT2D eigenvalue weighted by Crippen LogP contribution is 2.19. The molecule has 2 rings (SSSR count). The van der Waals surface area contributed by atoms with Gasteiger partial charge in [-0.2, -0.15) is 5.10 Å². The number of benzene rings is 1. The first kappa shape index (κ1) is 13.9. The minimum Gasteiger partial charge on any atom is -0.496 e. The molecule has 6 heteroatoms. The Balaban J connectivity index is 2.22. The summed E-state index contributed by atoms with van der Waals surface area (Å²) in [5.74, 6) is 0.253. The number of ether oxygens (including phenoxy) is 2. The van der Waals surface area contributed by atoms with Crippen molar-refractivity contribution in [1.82, 2.24) is 9.78 Å². The third kappa shape index (κ3) is 2.90. The minimum absolute atomic E-state index is 0.141. The van der Waals surface area contributed by atoms with Gasteiger partial charge < -0.3 is 15.2 Å². The molecule has 0 bridgehead atoms. The van der Waals surface area contributed by atoms with Gasteiger partial charge in [-0.05, 0) is 13.0 Å². The van der Waals surface area contributed by atoms with Crippen LogP contribution in [-0.4, -0.2) is 29.5 Å². The van der Waals surface area contributed by atoms with Crippen LogP contribution < -0.4 is 10.5 Å². The number of hydrogen-bond donors (Lipinski definition) is 1. The van der Waals surface area contributed by atoms with Gasteiger partial charge in [0.1, 0.15) is 5.75 Å². The molecular weight excluding hydrogens is 258 g/mol. The fourth-order valence-corrected chi connectivity index (χ4v) is 1.88. The Morgan fingerprint density at radius 2 is 2.15 bits per heavy atom. The van der Waals surface area contributed by atoms with Crippen LogP contribution >= 0.6 is 0 Å². The number of para-hydroxylation sites is 1. The lowest BCUT2D eigenvalue weighted by molar-refractivity contribution is 0.0519. The van der Waals surface area contributed by atoms with Gasteiger partial charge in [0.2, 0.25) is 0 Å². The van der Waals surface area contributed by atoms with Gasteiger partial charge in [-0.3, -0.25) is 4.68 Å². The summed E-state index contributed by atoms with van der Waals surface area (Å²) in [6.45, 7) is 2.49. The highest BCUT2D eigenvalue weighted by Gasteiger charge is 2.16. The number of nitrogen functional groups attached to an aromatic ring is 1. The summed E-state index contributed by atoms with van der Waals surface area (Å²) in [7, 11) is 1.61. The third-order valence-electron chi connectivity index (χ3n) is 2.78. The SMILES string of the molecule is CCOC(=O)c1nn(Cc2ccccc2OC)cc1N. The number of anilines is 1. The van der Waals surface area contributed by atoms with E-state index in [1.165, 1.54) is 0 Å². The van der Waals surface area contributed by atoms with Crippen LogP contribution in [0.5, 0.6) is 5.75 Å². The van der Waals surface area contributed by atoms with Crippen molar-refractivity contribution in [3.8, 4) is 5.75 Å². The topological polar surface area (TPSA) is 79.4 Å². The molecule has 0 aliphatic carbocycles. The van der Waals surface area contributed by atoms with Crippen LogP contribution in [0.15, 0.2) is 30.5 Å². The van der Waals surface area contributed by atoms with Gasteiger partial charge in [0.25, 0.3) is 0 Å². The number of rotatable bonds is 5. The van der Waals surface area contributed by atoms with Gasteiger partial charge >= 0.3 is 5.97 Å². The van der Waals surface area contributed by atoms with Crippen LogP contribution in [0.1, 0.15) is 23.0 Å². The number of hydrogen-bond acceptors (Lipinski definition) is 5. The van der Waals surface area contributed by atoms with E-state index in [1.807, 2.05) is 24.3 Å². The average molecular weight is 275 g/mol. The fraction of sp³-hybridized carbons (Fsp3) is 0.286. The number of methoxy groups -OCH3 is 1. The van der Waals surface area contributed by atoms with E-state index in [0.717, 1.165) is 11.3 Å². The van der Waals surface area contributed by atoms with E-state index in [0.29, 0.717) is 12.2 Å². The summed E-state index contributed by atoms with van der Waals surface area (Å²) in [5.41, 5.74) is 7.18. The first-order valence-electron chi connectivity index (χ1n) is 6.27. The number of aromatic nitrogens is 2. The van der Waals surface area contributed by atoms with Crippen LogP contribution in [-0.2, 0) is 11.3 Å². The molecule has 1 aromatic heterocycles. The molecule has 2 aromatic rings. The van der Waals surface area contributed by atoms with Gasteiger partial charge in [0.05, 0.1) is 25.9 Å². The van der Waals surface area contributed by atoms with E-state index in [-0.39, 0.29) is 12.3 Å². The molecule has 2 N–H and O–H groups in total. The van der Waals surface area contributed by atoms with E-state index in [4.69, 9.17) is 15.2 Å². The summed E-state index contributed by atoms with van der Waals surface area (Å²) in [6.07, 6.45) is 1.61. The molecule has 106 valence electrons. The molecule has 20 heavy (non-hydrogen) atoms. The zero-order valence-electron chi connectivity index (χ0n) is 11.5. The van der Waals surface area contributed by atoms with Crippen molar-refractivity contribution >= 4 is 11.7 Å². The molecule has 0 spiro atoms. The Labute approximate surface area is 117 Å². The first-order chi connectivity index (χ1) is 9.65. The molecule has 0 radical (unpaired) electrons. The van der Waals surface area contributed by atoms with Crippen LogP contribution in [0.25, 0.3) is 0 Å². The predicted octanol–water partition coefficient (Wildman–Crippen LogP) is 1.70. The Hall–Kier alpha value is -2.50. The molecule has 6 nitrogen and oxygen atoms in total. The highest BCUT2D eigenvalue weighted by molar-refractivity contribution is 5.92. The van der Waals surface area contributed by atoms with Crippen molar-refractivity contribution in [3.05, 3.63) is 41.7 Å². The second kappa shape index (κ2) is 6.10. The molecule has 0 atom stereocenters. The molecule has 0 unspecified atom stereocenters. The van der Waals surface area contributed by atoms with E-state index < -0.39 is 5.97 Å². The zero-order chi connectivity index (χ0) is 14.5. The second-order valence-electron chi connectivity index (χ2n) is 4.16.